The van der Waals surface area contributed by atoms with E-state index in [-0.39, 0.29) is 0 Å². The van der Waals surface area contributed by atoms with Crippen LogP contribution in [0.1, 0.15) is 0 Å². The Hall–Kier alpha value is -1.24. The normalized spacial score (nSPS) is 12.5. The van der Waals surface area contributed by atoms with Gasteiger partial charge in [0.15, 0.2) is 0 Å². The second kappa shape index (κ2) is 1.12. The van der Waals surface area contributed by atoms with Gasteiger partial charge in [-0.15, -0.1) is 0 Å². The quantitative estimate of drug-likeness (QED) is 0.438. The molecule has 0 saturated heterocycles. The molecular weight excluding hydrogens is 122 g/mol. The fourth-order valence-corrected chi connectivity index (χ4v) is 1.79. The predicted octanol–water partition coefficient (Wildman–Crippen LogP) is 2.16. The maximum absolute atomic E-state index is 2.24. The molecule has 1 heteroatoms. The highest BCUT2D eigenvalue weighted by Crippen LogP contribution is 2.35. The number of rotatable bonds is 0. The van der Waals surface area contributed by atoms with Crippen LogP contribution in [0.3, 0.4) is 0 Å². The van der Waals surface area contributed by atoms with Gasteiger partial charge in [0.2, 0.25) is 0 Å². The van der Waals surface area contributed by atoms with Gasteiger partial charge in [-0.05, 0) is 23.8 Å². The van der Waals surface area contributed by atoms with Crippen LogP contribution in [0.5, 0.6) is 0 Å². The number of fused-ring (bicyclic) bond motifs is 1. The second-order valence-corrected chi connectivity index (χ2v) is 2.86. The van der Waals surface area contributed by atoms with E-state index in [1.807, 2.05) is 0 Å². The number of hydrogen-bond donors (Lipinski definition) is 0. The fourth-order valence-electron chi connectivity index (χ4n) is 1.79. The van der Waals surface area contributed by atoms with Crippen LogP contribution in [0.15, 0.2) is 24.3 Å². The third-order valence-corrected chi connectivity index (χ3v) is 2.34. The molecule has 0 N–H and O–H groups in total. The summed E-state index contributed by atoms with van der Waals surface area (Å²) in [4.78, 5) is 0. The lowest BCUT2D eigenvalue weighted by molar-refractivity contribution is 0.971. The maximum Gasteiger partial charge on any atom is 0.0488 e. The highest BCUT2D eigenvalue weighted by Gasteiger charge is 2.14. The highest BCUT2D eigenvalue weighted by molar-refractivity contribution is 5.95. The number of aryl methyl sites for hydroxylation is 1. The first-order valence-corrected chi connectivity index (χ1v) is 3.46. The molecule has 0 atom stereocenters. The van der Waals surface area contributed by atoms with Crippen molar-refractivity contribution in [2.24, 2.45) is 7.05 Å². The smallest absolute Gasteiger partial charge is 0.0488 e. The number of benzene rings is 1. The molecule has 0 amide bonds. The molecule has 1 aliphatic heterocycles. The van der Waals surface area contributed by atoms with Gasteiger partial charge in [-0.3, -0.25) is 0 Å². The molecule has 4 bridgehead atoms. The van der Waals surface area contributed by atoms with E-state index in [9.17, 15) is 0 Å². The van der Waals surface area contributed by atoms with Crippen LogP contribution in [-0.4, -0.2) is 4.57 Å². The van der Waals surface area contributed by atoms with Crippen LogP contribution in [0.4, 0.5) is 0 Å². The molecule has 1 aliphatic carbocycles. The number of aromatic nitrogens is 1. The Kier molecular flexibility index (Phi) is 0.512. The summed E-state index contributed by atoms with van der Waals surface area (Å²) in [6.45, 7) is 0. The standard InChI is InChI=1S/C9H7N/c1-10-8-3-2-6-4-7(8)5-9(6)10/h2-5H,1H3. The van der Waals surface area contributed by atoms with Gasteiger partial charge < -0.3 is 4.57 Å². The number of nitrogens with zero attached hydrogens (tertiary/aromatic N) is 1. The molecule has 48 valence electrons. The van der Waals surface area contributed by atoms with Crippen molar-refractivity contribution in [3.05, 3.63) is 24.3 Å². The van der Waals surface area contributed by atoms with Gasteiger partial charge in [0.25, 0.3) is 0 Å². The van der Waals surface area contributed by atoms with Gasteiger partial charge in [-0.25, -0.2) is 0 Å². The third kappa shape index (κ3) is 0.291. The number of pyridine rings is 2. The molecule has 0 radical (unpaired) electrons. The zero-order valence-electron chi connectivity index (χ0n) is 5.76. The fraction of sp³-hybridized carbons (Fsp3) is 0.111. The van der Waals surface area contributed by atoms with E-state index in [1.165, 1.54) is 22.2 Å². The summed E-state index contributed by atoms with van der Waals surface area (Å²) in [6, 6.07) is 8.84. The molecule has 0 saturated carbocycles. The monoisotopic (exact) mass is 129 g/mol. The second-order valence-electron chi connectivity index (χ2n) is 2.86. The minimum atomic E-state index is 1.35. The average Bonchev–Trinajstić information content (AvgIpc) is 2.41. The summed E-state index contributed by atoms with van der Waals surface area (Å²) < 4.78 is 2.24. The average molecular weight is 129 g/mol. The molecule has 2 heterocycles. The third-order valence-electron chi connectivity index (χ3n) is 2.34. The first kappa shape index (κ1) is 4.56. The van der Waals surface area contributed by atoms with Crippen molar-refractivity contribution in [3.8, 4) is 11.3 Å². The van der Waals surface area contributed by atoms with Crippen molar-refractivity contribution in [1.29, 1.82) is 0 Å². The SMILES string of the molecule is Cn1c2cc3cc-2ccc31. The van der Waals surface area contributed by atoms with E-state index in [0.717, 1.165) is 0 Å². The molecule has 2 aliphatic rings. The Morgan fingerprint density at radius 1 is 1.20 bits per heavy atom. The summed E-state index contributed by atoms with van der Waals surface area (Å²) in [5.41, 5.74) is 4.09. The molecule has 4 rings (SSSR count). The van der Waals surface area contributed by atoms with Gasteiger partial charge in [0.05, 0.1) is 0 Å². The van der Waals surface area contributed by atoms with Crippen LogP contribution in [0.25, 0.3) is 22.2 Å². The molecule has 0 spiro atoms. The van der Waals surface area contributed by atoms with Crippen molar-refractivity contribution in [3.63, 3.8) is 0 Å². The predicted molar refractivity (Wildman–Crippen MR) is 41.9 cm³/mol. The first-order valence-electron chi connectivity index (χ1n) is 3.46. The van der Waals surface area contributed by atoms with Crippen LogP contribution in [0.2, 0.25) is 0 Å². The van der Waals surface area contributed by atoms with Crippen LogP contribution in [-0.2, 0) is 7.05 Å². The van der Waals surface area contributed by atoms with Crippen LogP contribution >= 0.6 is 0 Å². The lowest BCUT2D eigenvalue weighted by atomic mass is 10.2. The molecule has 0 fully saturated rings. The Labute approximate surface area is 58.9 Å². The van der Waals surface area contributed by atoms with Crippen LogP contribution < -0.4 is 0 Å². The van der Waals surface area contributed by atoms with E-state index in [2.05, 4.69) is 35.9 Å². The van der Waals surface area contributed by atoms with Crippen molar-refractivity contribution < 1.29 is 0 Å². The van der Waals surface area contributed by atoms with Gasteiger partial charge >= 0.3 is 0 Å². The molecule has 0 unspecified atom stereocenters. The topological polar surface area (TPSA) is 4.93 Å². The Bertz CT molecular complexity index is 423. The summed E-state index contributed by atoms with van der Waals surface area (Å²) in [5, 5.41) is 1.38. The zero-order valence-corrected chi connectivity index (χ0v) is 5.76. The van der Waals surface area contributed by atoms with E-state index < -0.39 is 0 Å². The molecule has 1 aromatic carbocycles. The lowest BCUT2D eigenvalue weighted by Gasteiger charge is -2.08. The van der Waals surface area contributed by atoms with Gasteiger partial charge in [-0.1, -0.05) is 6.07 Å². The minimum absolute atomic E-state index is 1.35. The maximum atomic E-state index is 2.24. The molecule has 1 nitrogen and oxygen atoms in total. The molecular formula is C9H7N. The van der Waals surface area contributed by atoms with Crippen molar-refractivity contribution in [2.45, 2.75) is 0 Å². The zero-order chi connectivity index (χ0) is 6.72. The van der Waals surface area contributed by atoms with E-state index in [0.29, 0.717) is 0 Å². The van der Waals surface area contributed by atoms with Crippen molar-refractivity contribution >= 4 is 10.9 Å². The van der Waals surface area contributed by atoms with Crippen molar-refractivity contribution in [2.75, 3.05) is 0 Å². The molecule has 10 heavy (non-hydrogen) atoms. The van der Waals surface area contributed by atoms with Crippen molar-refractivity contribution in [1.82, 2.24) is 4.57 Å². The largest absolute Gasteiger partial charge is 0.344 e. The van der Waals surface area contributed by atoms with Gasteiger partial charge in [-0.2, -0.15) is 0 Å². The molecule has 1 aromatic heterocycles. The van der Waals surface area contributed by atoms with E-state index in [4.69, 9.17) is 0 Å². The van der Waals surface area contributed by atoms with Crippen LogP contribution in [0, 0.1) is 0 Å². The summed E-state index contributed by atoms with van der Waals surface area (Å²) in [5.74, 6) is 0. The Morgan fingerprint density at radius 2 is 2.10 bits per heavy atom. The van der Waals surface area contributed by atoms with Gasteiger partial charge in [0.1, 0.15) is 0 Å². The Balaban J connectivity index is 2.81. The minimum Gasteiger partial charge on any atom is -0.344 e. The van der Waals surface area contributed by atoms with Gasteiger partial charge in [0, 0.05) is 23.6 Å². The molecule has 2 aromatic rings. The summed E-state index contributed by atoms with van der Waals surface area (Å²) in [6.07, 6.45) is 0. The summed E-state index contributed by atoms with van der Waals surface area (Å²) >= 11 is 0. The first-order chi connectivity index (χ1) is 4.86. The Morgan fingerprint density at radius 3 is 2.60 bits per heavy atom. The van der Waals surface area contributed by atoms with E-state index >= 15 is 0 Å². The lowest BCUT2D eigenvalue weighted by Crippen LogP contribution is -1.94. The highest BCUT2D eigenvalue weighted by atomic mass is 15.0. The number of hydrogen-bond acceptors (Lipinski definition) is 0. The van der Waals surface area contributed by atoms with E-state index in [1.54, 1.807) is 0 Å². The summed E-state index contributed by atoms with van der Waals surface area (Å²) in [7, 11) is 2.12.